The van der Waals surface area contributed by atoms with Crippen molar-refractivity contribution < 1.29 is 72.7 Å². The van der Waals surface area contributed by atoms with Crippen molar-refractivity contribution in [2.75, 3.05) is 18.9 Å². The molecule has 1 aliphatic rings. The minimum atomic E-state index is -5.01. The summed E-state index contributed by atoms with van der Waals surface area (Å²) in [6, 6.07) is -3.03. The standard InChI is InChI=1S/C12H15N7O9S2.Na.H/c13-6(20)2-28-18-7(4-3-29-11(14)16-4)9(21)17-8-5(1-27-12(15)23)19(10(8)22)30(24,25)26;;/h3,5,8H,1-2H2,(H2,13,20)(H2,14,16)(H2,15,23)(H,17,21)(H,24,25,26);;/q;+1;-1/b18-7-;;/t5-,8+;;/m1../s1. The molecule has 0 radical (unpaired) electrons. The van der Waals surface area contributed by atoms with Crippen LogP contribution in [0.4, 0.5) is 9.93 Å². The number of amides is 4. The van der Waals surface area contributed by atoms with Gasteiger partial charge < -0.3 is 33.5 Å². The van der Waals surface area contributed by atoms with Crippen LogP contribution in [0.3, 0.4) is 0 Å². The van der Waals surface area contributed by atoms with Crippen LogP contribution >= 0.6 is 11.3 Å². The average Bonchev–Trinajstić information content (AvgIpc) is 3.04. The van der Waals surface area contributed by atoms with Crippen molar-refractivity contribution in [2.24, 2.45) is 16.6 Å². The Bertz CT molecular complexity index is 1020. The van der Waals surface area contributed by atoms with E-state index < -0.39 is 65.1 Å². The van der Waals surface area contributed by atoms with Gasteiger partial charge in [-0.25, -0.2) is 14.1 Å². The Morgan fingerprint density at radius 2 is 2.03 bits per heavy atom. The number of nitrogens with zero attached hydrogens (tertiary/aromatic N) is 3. The zero-order chi connectivity index (χ0) is 22.6. The quantitative estimate of drug-likeness (QED) is 0.0716. The van der Waals surface area contributed by atoms with Gasteiger partial charge in [0.15, 0.2) is 17.5 Å². The molecule has 2 heterocycles. The van der Waals surface area contributed by atoms with Gasteiger partial charge >= 0.3 is 46.0 Å². The first-order valence-corrected chi connectivity index (χ1v) is 9.93. The van der Waals surface area contributed by atoms with Gasteiger partial charge in [-0.05, 0) is 0 Å². The molecule has 19 heteroatoms. The maximum Gasteiger partial charge on any atom is 1.00 e. The molecule has 1 aromatic heterocycles. The molecule has 8 N–H and O–H groups in total. The summed E-state index contributed by atoms with van der Waals surface area (Å²) in [4.78, 5) is 54.7. The van der Waals surface area contributed by atoms with Gasteiger partial charge in [-0.2, -0.15) is 8.42 Å². The summed E-state index contributed by atoms with van der Waals surface area (Å²) in [5.74, 6) is -3.20. The van der Waals surface area contributed by atoms with Crippen molar-refractivity contribution in [2.45, 2.75) is 12.1 Å². The van der Waals surface area contributed by atoms with Crippen LogP contribution in [0.2, 0.25) is 0 Å². The number of nitrogens with two attached hydrogens (primary N) is 3. The molecule has 0 saturated carbocycles. The van der Waals surface area contributed by atoms with Crippen LogP contribution in [-0.4, -0.2) is 77.1 Å². The van der Waals surface area contributed by atoms with Gasteiger partial charge in [0.05, 0.1) is 0 Å². The molecule has 166 valence electrons. The van der Waals surface area contributed by atoms with E-state index in [0.29, 0.717) is 0 Å². The molecule has 0 unspecified atom stereocenters. The summed E-state index contributed by atoms with van der Waals surface area (Å²) < 4.78 is 36.3. The van der Waals surface area contributed by atoms with E-state index in [-0.39, 0.29) is 46.1 Å². The predicted molar refractivity (Wildman–Crippen MR) is 99.0 cm³/mol. The number of rotatable bonds is 9. The fraction of sp³-hybridized carbons (Fsp3) is 0.333. The van der Waals surface area contributed by atoms with Crippen LogP contribution in [0.15, 0.2) is 10.5 Å². The van der Waals surface area contributed by atoms with Gasteiger partial charge in [-0.3, -0.25) is 18.9 Å². The van der Waals surface area contributed by atoms with Crippen molar-refractivity contribution >= 4 is 56.3 Å². The van der Waals surface area contributed by atoms with E-state index >= 15 is 0 Å². The van der Waals surface area contributed by atoms with Crippen LogP contribution in [0.25, 0.3) is 0 Å². The number of carbonyl (C=O) groups excluding carboxylic acids is 4. The van der Waals surface area contributed by atoms with Crippen LogP contribution < -0.4 is 52.1 Å². The monoisotopic (exact) mass is 489 g/mol. The fourth-order valence-corrected chi connectivity index (χ4v) is 3.68. The molecule has 31 heavy (non-hydrogen) atoms. The van der Waals surface area contributed by atoms with Crippen molar-refractivity contribution in [3.8, 4) is 0 Å². The molecule has 16 nitrogen and oxygen atoms in total. The van der Waals surface area contributed by atoms with Gasteiger partial charge in [0.25, 0.3) is 17.7 Å². The summed E-state index contributed by atoms with van der Waals surface area (Å²) in [5, 5.41) is 6.97. The van der Waals surface area contributed by atoms with Gasteiger partial charge in [-0.1, -0.05) is 5.16 Å². The topological polar surface area (TPSA) is 260 Å². The Hall–Kier alpha value is -2.51. The Labute approximate surface area is 201 Å². The second-order valence-corrected chi connectivity index (χ2v) is 7.69. The summed E-state index contributed by atoms with van der Waals surface area (Å²) in [5.41, 5.74) is 14.6. The molecule has 2 rings (SSSR count). The van der Waals surface area contributed by atoms with E-state index in [1.165, 1.54) is 5.38 Å². The van der Waals surface area contributed by atoms with Crippen molar-refractivity contribution in [1.29, 1.82) is 0 Å². The molecule has 4 amide bonds. The summed E-state index contributed by atoms with van der Waals surface area (Å²) in [7, 11) is -5.01. The van der Waals surface area contributed by atoms with E-state index in [4.69, 9.17) is 21.8 Å². The molecule has 0 aromatic carbocycles. The first-order chi connectivity index (χ1) is 13.9. The number of β-lactam (4-membered cyclic amide) rings is 1. The van der Waals surface area contributed by atoms with Crippen LogP contribution in [0.5, 0.6) is 0 Å². The Morgan fingerprint density at radius 1 is 1.39 bits per heavy atom. The van der Waals surface area contributed by atoms with Gasteiger partial charge in [0.2, 0.25) is 0 Å². The molecule has 0 spiro atoms. The number of oxime groups is 1. The van der Waals surface area contributed by atoms with Gasteiger partial charge in [0.1, 0.15) is 24.4 Å². The first-order valence-electron chi connectivity index (χ1n) is 7.65. The minimum Gasteiger partial charge on any atom is -1.00 e. The smallest absolute Gasteiger partial charge is 1.00 e. The van der Waals surface area contributed by atoms with E-state index in [0.717, 1.165) is 11.3 Å². The third kappa shape index (κ3) is 6.74. The predicted octanol–water partition coefficient (Wildman–Crippen LogP) is -6.36. The molecular weight excluding hydrogens is 473 g/mol. The Balaban J connectivity index is 0.00000480. The number of ether oxygens (including phenoxy) is 1. The fourth-order valence-electron chi connectivity index (χ4n) is 2.26. The molecule has 1 aromatic rings. The molecular formula is C12H16N7NaO9S2. The molecule has 0 bridgehead atoms. The molecule has 2 atom stereocenters. The number of aromatic nitrogens is 1. The number of carbonyl (C=O) groups is 4. The van der Waals surface area contributed by atoms with Crippen molar-refractivity contribution in [3.05, 3.63) is 11.1 Å². The van der Waals surface area contributed by atoms with Gasteiger partial charge in [0, 0.05) is 5.38 Å². The first kappa shape index (κ1) is 26.5. The molecule has 1 aliphatic heterocycles. The maximum atomic E-state index is 12.6. The number of hydrogen-bond acceptors (Lipinski definition) is 12. The van der Waals surface area contributed by atoms with E-state index in [2.05, 4.69) is 25.0 Å². The summed E-state index contributed by atoms with van der Waals surface area (Å²) >= 11 is 0.944. The second-order valence-electron chi connectivity index (χ2n) is 5.51. The minimum absolute atomic E-state index is 0. The number of nitrogen functional groups attached to an aromatic ring is 1. The van der Waals surface area contributed by atoms with Crippen molar-refractivity contribution in [1.82, 2.24) is 14.6 Å². The number of thiazole rings is 1. The zero-order valence-electron chi connectivity index (χ0n) is 16.7. The number of primary amides is 2. The normalized spacial score (nSPS) is 18.4. The Kier molecular flexibility index (Phi) is 9.14. The average molecular weight is 489 g/mol. The number of anilines is 1. The third-order valence-corrected chi connectivity index (χ3v) is 5.06. The van der Waals surface area contributed by atoms with Crippen LogP contribution in [-0.2, 0) is 34.3 Å². The van der Waals surface area contributed by atoms with E-state index in [1.807, 2.05) is 0 Å². The van der Waals surface area contributed by atoms with E-state index in [9.17, 15) is 27.6 Å². The zero-order valence-corrected chi connectivity index (χ0v) is 19.4. The van der Waals surface area contributed by atoms with Crippen molar-refractivity contribution in [3.63, 3.8) is 0 Å². The van der Waals surface area contributed by atoms with Gasteiger partial charge in [-0.15, -0.1) is 11.3 Å². The summed E-state index contributed by atoms with van der Waals surface area (Å²) in [6.07, 6.45) is -1.28. The third-order valence-electron chi connectivity index (χ3n) is 3.44. The number of hydrogen-bond donors (Lipinski definition) is 5. The Morgan fingerprint density at radius 3 is 2.52 bits per heavy atom. The maximum absolute atomic E-state index is 12.6. The van der Waals surface area contributed by atoms with Crippen LogP contribution in [0.1, 0.15) is 7.12 Å². The number of nitrogens with one attached hydrogen (secondary N) is 1. The second kappa shape index (κ2) is 10.7. The molecule has 1 saturated heterocycles. The molecule has 0 aliphatic carbocycles. The largest absolute Gasteiger partial charge is 1.00 e. The SMILES string of the molecule is NC(=O)CO/N=C(\C(=O)N[C@@H]1C(=O)N(S(=O)(=O)O)[C@@H]1COC(N)=O)c1csc(N)n1.[H-].[Na+]. The van der Waals surface area contributed by atoms with Crippen LogP contribution in [0, 0.1) is 0 Å². The summed E-state index contributed by atoms with van der Waals surface area (Å²) in [6.45, 7) is -1.43. The molecule has 1 fully saturated rings. The van der Waals surface area contributed by atoms with E-state index in [1.54, 1.807) is 0 Å².